The van der Waals surface area contributed by atoms with Gasteiger partial charge in [-0.05, 0) is 12.8 Å². The molecular formula is C17H36O2. The standard InChI is InChI=1S/C17H36O2/c1-3-5-7-9-11-13-15-17(18,19)16-14-12-10-8-6-4-2/h18-19H,3-16H2,1-2H3. The highest BCUT2D eigenvalue weighted by Gasteiger charge is 2.21. The van der Waals surface area contributed by atoms with Crippen LogP contribution in [-0.2, 0) is 0 Å². The summed E-state index contributed by atoms with van der Waals surface area (Å²) in [5.41, 5.74) is 0. The Hall–Kier alpha value is -0.0800. The third-order valence-corrected chi connectivity index (χ3v) is 3.86. The minimum absolute atomic E-state index is 0.550. The quantitative estimate of drug-likeness (QED) is 0.338. The lowest BCUT2D eigenvalue weighted by atomic mass is 9.99. The predicted octanol–water partition coefficient (Wildman–Crippen LogP) is 5.17. The van der Waals surface area contributed by atoms with Crippen LogP contribution >= 0.6 is 0 Å². The lowest BCUT2D eigenvalue weighted by Gasteiger charge is -2.21. The highest BCUT2D eigenvalue weighted by molar-refractivity contribution is 4.65. The molecule has 2 N–H and O–H groups in total. The smallest absolute Gasteiger partial charge is 0.162 e. The first-order valence-corrected chi connectivity index (χ1v) is 8.57. The van der Waals surface area contributed by atoms with Gasteiger partial charge in [-0.15, -0.1) is 0 Å². The molecule has 116 valence electrons. The molecule has 2 nitrogen and oxygen atoms in total. The fourth-order valence-electron chi connectivity index (χ4n) is 2.50. The maximum atomic E-state index is 9.88. The molecule has 0 aliphatic carbocycles. The van der Waals surface area contributed by atoms with E-state index < -0.39 is 5.79 Å². The van der Waals surface area contributed by atoms with Gasteiger partial charge in [-0.2, -0.15) is 0 Å². The van der Waals surface area contributed by atoms with Crippen molar-refractivity contribution in [1.29, 1.82) is 0 Å². The lowest BCUT2D eigenvalue weighted by molar-refractivity contribution is -0.172. The van der Waals surface area contributed by atoms with Gasteiger partial charge in [0.05, 0.1) is 0 Å². The van der Waals surface area contributed by atoms with E-state index in [0.29, 0.717) is 12.8 Å². The zero-order valence-electron chi connectivity index (χ0n) is 13.3. The van der Waals surface area contributed by atoms with E-state index in [-0.39, 0.29) is 0 Å². The van der Waals surface area contributed by atoms with Crippen molar-refractivity contribution in [3.8, 4) is 0 Å². The summed E-state index contributed by atoms with van der Waals surface area (Å²) < 4.78 is 0. The molecule has 0 amide bonds. The average molecular weight is 272 g/mol. The van der Waals surface area contributed by atoms with E-state index in [0.717, 1.165) is 25.7 Å². The summed E-state index contributed by atoms with van der Waals surface area (Å²) in [5.74, 6) is -1.41. The number of hydrogen-bond donors (Lipinski definition) is 2. The third-order valence-electron chi connectivity index (χ3n) is 3.86. The topological polar surface area (TPSA) is 40.5 Å². The van der Waals surface area contributed by atoms with Crippen molar-refractivity contribution >= 4 is 0 Å². The van der Waals surface area contributed by atoms with Crippen LogP contribution < -0.4 is 0 Å². The van der Waals surface area contributed by atoms with Gasteiger partial charge < -0.3 is 10.2 Å². The van der Waals surface area contributed by atoms with Gasteiger partial charge in [-0.1, -0.05) is 78.1 Å². The van der Waals surface area contributed by atoms with Crippen molar-refractivity contribution in [1.82, 2.24) is 0 Å². The van der Waals surface area contributed by atoms with Crippen molar-refractivity contribution in [3.05, 3.63) is 0 Å². The van der Waals surface area contributed by atoms with Crippen LogP contribution in [0.15, 0.2) is 0 Å². The van der Waals surface area contributed by atoms with Gasteiger partial charge in [0, 0.05) is 12.8 Å². The Kier molecular flexibility index (Phi) is 12.9. The summed E-state index contributed by atoms with van der Waals surface area (Å²) in [6.45, 7) is 4.43. The van der Waals surface area contributed by atoms with Crippen LogP contribution in [0.1, 0.15) is 104 Å². The van der Waals surface area contributed by atoms with Gasteiger partial charge in [-0.3, -0.25) is 0 Å². The molecule has 0 saturated heterocycles. The van der Waals surface area contributed by atoms with Gasteiger partial charge in [0.15, 0.2) is 5.79 Å². The summed E-state index contributed by atoms with van der Waals surface area (Å²) in [6.07, 6.45) is 15.5. The first-order chi connectivity index (χ1) is 9.12. The van der Waals surface area contributed by atoms with Crippen molar-refractivity contribution in [2.24, 2.45) is 0 Å². The summed E-state index contributed by atoms with van der Waals surface area (Å²) in [7, 11) is 0. The Bertz CT molecular complexity index is 160. The maximum Gasteiger partial charge on any atom is 0.162 e. The van der Waals surface area contributed by atoms with Gasteiger partial charge >= 0.3 is 0 Å². The van der Waals surface area contributed by atoms with Crippen LogP contribution in [0.2, 0.25) is 0 Å². The number of aliphatic hydroxyl groups is 2. The summed E-state index contributed by atoms with van der Waals surface area (Å²) >= 11 is 0. The Labute approximate surface area is 120 Å². The highest BCUT2D eigenvalue weighted by Crippen LogP contribution is 2.20. The highest BCUT2D eigenvalue weighted by atomic mass is 16.5. The van der Waals surface area contributed by atoms with E-state index in [9.17, 15) is 10.2 Å². The van der Waals surface area contributed by atoms with Gasteiger partial charge in [0.2, 0.25) is 0 Å². The first-order valence-electron chi connectivity index (χ1n) is 8.57. The molecule has 0 atom stereocenters. The van der Waals surface area contributed by atoms with Crippen molar-refractivity contribution in [2.75, 3.05) is 0 Å². The maximum absolute atomic E-state index is 9.88. The molecule has 0 fully saturated rings. The van der Waals surface area contributed by atoms with E-state index in [2.05, 4.69) is 13.8 Å². The second-order valence-corrected chi connectivity index (χ2v) is 6.02. The molecular weight excluding hydrogens is 236 g/mol. The van der Waals surface area contributed by atoms with E-state index in [1.165, 1.54) is 51.4 Å². The van der Waals surface area contributed by atoms with Crippen molar-refractivity contribution in [2.45, 2.75) is 110 Å². The second-order valence-electron chi connectivity index (χ2n) is 6.02. The fourth-order valence-corrected chi connectivity index (χ4v) is 2.50. The molecule has 0 radical (unpaired) electrons. The molecule has 0 rings (SSSR count). The normalized spacial score (nSPS) is 12.0. The Morgan fingerprint density at radius 2 is 0.842 bits per heavy atom. The molecule has 0 heterocycles. The number of rotatable bonds is 14. The molecule has 0 aliphatic rings. The van der Waals surface area contributed by atoms with E-state index >= 15 is 0 Å². The zero-order chi connectivity index (χ0) is 14.4. The molecule has 0 aromatic heterocycles. The van der Waals surface area contributed by atoms with Crippen molar-refractivity contribution in [3.63, 3.8) is 0 Å². The Morgan fingerprint density at radius 1 is 0.526 bits per heavy atom. The van der Waals surface area contributed by atoms with E-state index in [1.807, 2.05) is 0 Å². The van der Waals surface area contributed by atoms with Crippen LogP contribution in [-0.4, -0.2) is 16.0 Å². The van der Waals surface area contributed by atoms with Crippen LogP contribution in [0, 0.1) is 0 Å². The molecule has 0 aromatic carbocycles. The Balaban J connectivity index is 3.36. The molecule has 19 heavy (non-hydrogen) atoms. The molecule has 0 unspecified atom stereocenters. The molecule has 0 aliphatic heterocycles. The van der Waals surface area contributed by atoms with Gasteiger partial charge in [0.25, 0.3) is 0 Å². The summed E-state index contributed by atoms with van der Waals surface area (Å²) in [5, 5.41) is 19.8. The van der Waals surface area contributed by atoms with Crippen LogP contribution in [0.5, 0.6) is 0 Å². The fraction of sp³-hybridized carbons (Fsp3) is 1.00. The second kappa shape index (κ2) is 12.9. The Morgan fingerprint density at radius 3 is 1.21 bits per heavy atom. The number of hydrogen-bond acceptors (Lipinski definition) is 2. The summed E-state index contributed by atoms with van der Waals surface area (Å²) in [4.78, 5) is 0. The SMILES string of the molecule is CCCCCCCCC(O)(O)CCCCCCCC. The van der Waals surface area contributed by atoms with E-state index in [1.54, 1.807) is 0 Å². The van der Waals surface area contributed by atoms with Crippen LogP contribution in [0.3, 0.4) is 0 Å². The molecule has 2 heteroatoms. The van der Waals surface area contributed by atoms with Crippen LogP contribution in [0.4, 0.5) is 0 Å². The van der Waals surface area contributed by atoms with Crippen molar-refractivity contribution < 1.29 is 10.2 Å². The predicted molar refractivity (Wildman–Crippen MR) is 83.2 cm³/mol. The average Bonchev–Trinajstić information content (AvgIpc) is 2.38. The lowest BCUT2D eigenvalue weighted by Crippen LogP contribution is -2.27. The largest absolute Gasteiger partial charge is 0.366 e. The summed E-state index contributed by atoms with van der Waals surface area (Å²) in [6, 6.07) is 0. The first kappa shape index (κ1) is 18.9. The zero-order valence-corrected chi connectivity index (χ0v) is 13.3. The minimum atomic E-state index is -1.41. The minimum Gasteiger partial charge on any atom is -0.366 e. The van der Waals surface area contributed by atoms with E-state index in [4.69, 9.17) is 0 Å². The monoisotopic (exact) mass is 272 g/mol. The van der Waals surface area contributed by atoms with Gasteiger partial charge in [-0.25, -0.2) is 0 Å². The number of unbranched alkanes of at least 4 members (excludes halogenated alkanes) is 10. The van der Waals surface area contributed by atoms with Gasteiger partial charge in [0.1, 0.15) is 0 Å². The third kappa shape index (κ3) is 14.1. The molecule has 0 spiro atoms. The van der Waals surface area contributed by atoms with Crippen LogP contribution in [0.25, 0.3) is 0 Å². The molecule has 0 bridgehead atoms. The molecule has 0 saturated carbocycles. The molecule has 0 aromatic rings.